The lowest BCUT2D eigenvalue weighted by Crippen LogP contribution is -2.34. The van der Waals surface area contributed by atoms with Gasteiger partial charge in [-0.2, -0.15) is 0 Å². The minimum atomic E-state index is -0.839. The van der Waals surface area contributed by atoms with E-state index in [0.717, 1.165) is 11.3 Å². The number of carboxylic acids is 1. The van der Waals surface area contributed by atoms with Crippen molar-refractivity contribution in [1.82, 2.24) is 5.32 Å². The molecule has 0 saturated heterocycles. The van der Waals surface area contributed by atoms with E-state index < -0.39 is 11.9 Å². The molecule has 0 spiro atoms. The predicted octanol–water partition coefficient (Wildman–Crippen LogP) is 2.81. The molecule has 1 fully saturated rings. The van der Waals surface area contributed by atoms with Crippen LogP contribution in [0.1, 0.15) is 36.6 Å². The van der Waals surface area contributed by atoms with E-state index >= 15 is 0 Å². The molecule has 1 amide bonds. The van der Waals surface area contributed by atoms with Gasteiger partial charge in [-0.05, 0) is 42.7 Å². The van der Waals surface area contributed by atoms with Crippen LogP contribution in [0.15, 0.2) is 11.4 Å². The first-order chi connectivity index (χ1) is 9.52. The van der Waals surface area contributed by atoms with Gasteiger partial charge in [-0.3, -0.25) is 9.59 Å². The maximum absolute atomic E-state index is 12.3. The van der Waals surface area contributed by atoms with E-state index in [9.17, 15) is 14.7 Å². The number of hydrogen-bond donors (Lipinski definition) is 2. The van der Waals surface area contributed by atoms with Gasteiger partial charge in [-0.1, -0.05) is 13.3 Å². The van der Waals surface area contributed by atoms with E-state index in [0.29, 0.717) is 25.3 Å². The molecular formula is C15H21NO3S. The van der Waals surface area contributed by atoms with Crippen LogP contribution in [-0.4, -0.2) is 17.0 Å². The van der Waals surface area contributed by atoms with Gasteiger partial charge < -0.3 is 10.4 Å². The molecule has 1 unspecified atom stereocenters. The standard InChI is InChI=1S/C15H21NO3S/c1-3-10-6-11(12(7-10)15(18)19)14(17)16-8-13-9(2)4-5-20-13/h4-5,10-12H,3,6-8H2,1-2H3,(H,16,17)(H,18,19)/t10?,11-,12+/m0/s1. The fourth-order valence-corrected chi connectivity index (χ4v) is 3.77. The number of amides is 1. The topological polar surface area (TPSA) is 66.4 Å². The Morgan fingerprint density at radius 2 is 2.10 bits per heavy atom. The number of nitrogens with one attached hydrogen (secondary N) is 1. The number of carbonyl (C=O) groups excluding carboxylic acids is 1. The highest BCUT2D eigenvalue weighted by Crippen LogP contribution is 2.38. The van der Waals surface area contributed by atoms with E-state index in [-0.39, 0.29) is 11.8 Å². The molecule has 1 aliphatic carbocycles. The van der Waals surface area contributed by atoms with Gasteiger partial charge in [0.2, 0.25) is 5.91 Å². The molecule has 1 heterocycles. The summed E-state index contributed by atoms with van der Waals surface area (Å²) in [5.41, 5.74) is 1.17. The lowest BCUT2D eigenvalue weighted by Gasteiger charge is -2.15. The van der Waals surface area contributed by atoms with Gasteiger partial charge in [0.15, 0.2) is 0 Å². The van der Waals surface area contributed by atoms with Crippen molar-refractivity contribution >= 4 is 23.2 Å². The third-order valence-electron chi connectivity index (χ3n) is 4.28. The van der Waals surface area contributed by atoms with Gasteiger partial charge >= 0.3 is 5.97 Å². The fraction of sp³-hybridized carbons (Fsp3) is 0.600. The van der Waals surface area contributed by atoms with Crippen LogP contribution in [0.4, 0.5) is 0 Å². The molecule has 3 atom stereocenters. The second kappa shape index (κ2) is 6.39. The molecule has 1 saturated carbocycles. The average molecular weight is 295 g/mol. The molecule has 0 aliphatic heterocycles. The van der Waals surface area contributed by atoms with Crippen LogP contribution < -0.4 is 5.32 Å². The number of thiophene rings is 1. The summed E-state index contributed by atoms with van der Waals surface area (Å²) >= 11 is 1.62. The largest absolute Gasteiger partial charge is 0.481 e. The summed E-state index contributed by atoms with van der Waals surface area (Å²) in [6.45, 7) is 4.57. The number of hydrogen-bond acceptors (Lipinski definition) is 3. The first-order valence-electron chi connectivity index (χ1n) is 7.06. The summed E-state index contributed by atoms with van der Waals surface area (Å²) in [5, 5.41) is 14.2. The fourth-order valence-electron chi connectivity index (χ4n) is 2.92. The van der Waals surface area contributed by atoms with E-state index in [1.54, 1.807) is 11.3 Å². The zero-order valence-electron chi connectivity index (χ0n) is 11.9. The average Bonchev–Trinajstić information content (AvgIpc) is 3.02. The summed E-state index contributed by atoms with van der Waals surface area (Å²) in [6, 6.07) is 2.02. The highest BCUT2D eigenvalue weighted by atomic mass is 32.1. The van der Waals surface area contributed by atoms with Gasteiger partial charge in [0.05, 0.1) is 18.4 Å². The number of carboxylic acid groups (broad SMARTS) is 1. The van der Waals surface area contributed by atoms with Crippen molar-refractivity contribution in [2.24, 2.45) is 17.8 Å². The normalized spacial score (nSPS) is 25.6. The molecule has 110 valence electrons. The van der Waals surface area contributed by atoms with E-state index in [2.05, 4.69) is 12.2 Å². The second-order valence-corrected chi connectivity index (χ2v) is 6.54. The molecule has 1 aromatic rings. The van der Waals surface area contributed by atoms with Gasteiger partial charge in [0.25, 0.3) is 0 Å². The van der Waals surface area contributed by atoms with Gasteiger partial charge in [-0.15, -0.1) is 11.3 Å². The Morgan fingerprint density at radius 3 is 2.65 bits per heavy atom. The summed E-state index contributed by atoms with van der Waals surface area (Å²) in [4.78, 5) is 24.7. The van der Waals surface area contributed by atoms with Crippen molar-refractivity contribution in [3.05, 3.63) is 21.9 Å². The van der Waals surface area contributed by atoms with Gasteiger partial charge in [0.1, 0.15) is 0 Å². The van der Waals surface area contributed by atoms with Crippen molar-refractivity contribution in [3.8, 4) is 0 Å². The molecule has 2 rings (SSSR count). The molecule has 1 aromatic heterocycles. The van der Waals surface area contributed by atoms with Crippen molar-refractivity contribution < 1.29 is 14.7 Å². The summed E-state index contributed by atoms with van der Waals surface area (Å²) < 4.78 is 0. The Kier molecular flexibility index (Phi) is 4.81. The number of carbonyl (C=O) groups is 2. The van der Waals surface area contributed by atoms with Gasteiger partial charge in [-0.25, -0.2) is 0 Å². The Hall–Kier alpha value is -1.36. The van der Waals surface area contributed by atoms with Crippen LogP contribution in [0, 0.1) is 24.7 Å². The number of aliphatic carboxylic acids is 1. The monoisotopic (exact) mass is 295 g/mol. The molecule has 1 aliphatic rings. The van der Waals surface area contributed by atoms with E-state index in [1.165, 1.54) is 5.56 Å². The second-order valence-electron chi connectivity index (χ2n) is 5.54. The Bertz CT molecular complexity index is 497. The lowest BCUT2D eigenvalue weighted by molar-refractivity contribution is -0.146. The van der Waals surface area contributed by atoms with Crippen LogP contribution in [0.3, 0.4) is 0 Å². The predicted molar refractivity (Wildman–Crippen MR) is 78.5 cm³/mol. The molecule has 0 radical (unpaired) electrons. The molecule has 0 bridgehead atoms. The van der Waals surface area contributed by atoms with E-state index in [4.69, 9.17) is 0 Å². The molecule has 2 N–H and O–H groups in total. The smallest absolute Gasteiger partial charge is 0.307 e. The van der Waals surface area contributed by atoms with Crippen molar-refractivity contribution in [2.75, 3.05) is 0 Å². The van der Waals surface area contributed by atoms with Gasteiger partial charge in [0, 0.05) is 4.88 Å². The third kappa shape index (κ3) is 3.20. The third-order valence-corrected chi connectivity index (χ3v) is 5.31. The summed E-state index contributed by atoms with van der Waals surface area (Å²) in [6.07, 6.45) is 2.27. The lowest BCUT2D eigenvalue weighted by atomic mass is 9.95. The van der Waals surface area contributed by atoms with Crippen molar-refractivity contribution in [2.45, 2.75) is 39.7 Å². The molecule has 20 heavy (non-hydrogen) atoms. The molecule has 0 aromatic carbocycles. The van der Waals surface area contributed by atoms with Crippen LogP contribution in [0.2, 0.25) is 0 Å². The summed E-state index contributed by atoms with van der Waals surface area (Å²) in [7, 11) is 0. The molecule has 4 nitrogen and oxygen atoms in total. The highest BCUT2D eigenvalue weighted by Gasteiger charge is 2.41. The Morgan fingerprint density at radius 1 is 1.40 bits per heavy atom. The van der Waals surface area contributed by atoms with Crippen LogP contribution in [0.5, 0.6) is 0 Å². The zero-order chi connectivity index (χ0) is 14.7. The minimum absolute atomic E-state index is 0.110. The maximum atomic E-state index is 12.3. The molecule has 5 heteroatoms. The maximum Gasteiger partial charge on any atom is 0.307 e. The summed E-state index contributed by atoms with van der Waals surface area (Å²) in [5.74, 6) is -1.49. The Balaban J connectivity index is 1.97. The van der Waals surface area contributed by atoms with E-state index in [1.807, 2.05) is 18.4 Å². The number of aryl methyl sites for hydroxylation is 1. The first-order valence-corrected chi connectivity index (χ1v) is 7.94. The molecular weight excluding hydrogens is 274 g/mol. The quantitative estimate of drug-likeness (QED) is 0.878. The Labute approximate surface area is 123 Å². The number of rotatable bonds is 5. The van der Waals surface area contributed by atoms with Crippen molar-refractivity contribution in [1.29, 1.82) is 0 Å². The van der Waals surface area contributed by atoms with Crippen LogP contribution >= 0.6 is 11.3 Å². The first kappa shape index (κ1) is 15.0. The van der Waals surface area contributed by atoms with Crippen LogP contribution in [0.25, 0.3) is 0 Å². The van der Waals surface area contributed by atoms with Crippen molar-refractivity contribution in [3.63, 3.8) is 0 Å². The zero-order valence-corrected chi connectivity index (χ0v) is 12.7. The van der Waals surface area contributed by atoms with Crippen LogP contribution in [-0.2, 0) is 16.1 Å². The highest BCUT2D eigenvalue weighted by molar-refractivity contribution is 7.10. The SMILES string of the molecule is CCC1C[C@H](C(=O)NCc2sccc2C)[C@H](C(=O)O)C1. The minimum Gasteiger partial charge on any atom is -0.481 e.